The summed E-state index contributed by atoms with van der Waals surface area (Å²) in [5.74, 6) is 1.62. The minimum absolute atomic E-state index is 0.778. The van der Waals surface area contributed by atoms with Crippen LogP contribution in [0.15, 0.2) is 30.3 Å². The van der Waals surface area contributed by atoms with Gasteiger partial charge in [0.25, 0.3) is 0 Å². The van der Waals surface area contributed by atoms with E-state index in [4.69, 9.17) is 4.74 Å². The summed E-state index contributed by atoms with van der Waals surface area (Å²) in [6, 6.07) is 9.78. The number of anilines is 1. The minimum Gasteiger partial charge on any atom is -0.497 e. The molecule has 2 rings (SSSR count). The molecule has 0 radical (unpaired) electrons. The maximum atomic E-state index is 5.13. The van der Waals surface area contributed by atoms with Gasteiger partial charge < -0.3 is 10.1 Å². The van der Waals surface area contributed by atoms with Crippen LogP contribution in [0.3, 0.4) is 0 Å². The Labute approximate surface area is 101 Å². The third-order valence-corrected chi connectivity index (χ3v) is 2.60. The summed E-state index contributed by atoms with van der Waals surface area (Å²) in [5, 5.41) is 11.3. The highest BCUT2D eigenvalue weighted by molar-refractivity contribution is 5.64. The Bertz CT molecular complexity index is 509. The predicted octanol–water partition coefficient (Wildman–Crippen LogP) is 2.50. The van der Waals surface area contributed by atoms with E-state index in [0.29, 0.717) is 0 Å². The van der Waals surface area contributed by atoms with E-state index >= 15 is 0 Å². The van der Waals surface area contributed by atoms with E-state index in [2.05, 4.69) is 15.5 Å². The summed E-state index contributed by atoms with van der Waals surface area (Å²) in [6.07, 6.45) is 0. The molecule has 1 heterocycles. The van der Waals surface area contributed by atoms with Crippen LogP contribution >= 0.6 is 0 Å². The predicted molar refractivity (Wildman–Crippen MR) is 68.3 cm³/mol. The lowest BCUT2D eigenvalue weighted by atomic mass is 10.1. The van der Waals surface area contributed by atoms with Crippen LogP contribution in [-0.4, -0.2) is 24.4 Å². The SMILES string of the molecule is CNc1cc(C)c(-c2ccc(OC)cc2)nn1. The molecule has 0 amide bonds. The highest BCUT2D eigenvalue weighted by Gasteiger charge is 2.05. The smallest absolute Gasteiger partial charge is 0.148 e. The van der Waals surface area contributed by atoms with Crippen LogP contribution in [0, 0.1) is 6.92 Å². The Balaban J connectivity index is 2.38. The van der Waals surface area contributed by atoms with Crippen molar-refractivity contribution in [2.75, 3.05) is 19.5 Å². The number of nitrogens with one attached hydrogen (secondary N) is 1. The highest BCUT2D eigenvalue weighted by atomic mass is 16.5. The van der Waals surface area contributed by atoms with E-state index in [1.807, 2.05) is 44.3 Å². The molecule has 1 aromatic heterocycles. The van der Waals surface area contributed by atoms with Crippen molar-refractivity contribution in [3.8, 4) is 17.0 Å². The van der Waals surface area contributed by atoms with E-state index in [0.717, 1.165) is 28.4 Å². The molecule has 0 fully saturated rings. The number of benzene rings is 1. The molecule has 0 aliphatic carbocycles. The number of nitrogens with zero attached hydrogens (tertiary/aromatic N) is 2. The lowest BCUT2D eigenvalue weighted by molar-refractivity contribution is 0.415. The number of rotatable bonds is 3. The number of hydrogen-bond acceptors (Lipinski definition) is 4. The van der Waals surface area contributed by atoms with E-state index in [9.17, 15) is 0 Å². The largest absolute Gasteiger partial charge is 0.497 e. The monoisotopic (exact) mass is 229 g/mol. The minimum atomic E-state index is 0.778. The maximum Gasteiger partial charge on any atom is 0.148 e. The van der Waals surface area contributed by atoms with Gasteiger partial charge in [0, 0.05) is 12.6 Å². The molecule has 0 spiro atoms. The van der Waals surface area contributed by atoms with Crippen LogP contribution in [0.25, 0.3) is 11.3 Å². The number of methoxy groups -OCH3 is 1. The van der Waals surface area contributed by atoms with Gasteiger partial charge in [-0.3, -0.25) is 0 Å². The molecule has 0 aliphatic heterocycles. The summed E-state index contributed by atoms with van der Waals surface area (Å²) in [4.78, 5) is 0. The van der Waals surface area contributed by atoms with Gasteiger partial charge in [0.15, 0.2) is 0 Å². The van der Waals surface area contributed by atoms with Crippen molar-refractivity contribution in [3.63, 3.8) is 0 Å². The van der Waals surface area contributed by atoms with E-state index in [1.54, 1.807) is 7.11 Å². The molecule has 0 bridgehead atoms. The molecule has 4 nitrogen and oxygen atoms in total. The molecule has 1 N–H and O–H groups in total. The average molecular weight is 229 g/mol. The molecule has 0 atom stereocenters. The Morgan fingerprint density at radius 3 is 2.35 bits per heavy atom. The van der Waals surface area contributed by atoms with Gasteiger partial charge in [0.1, 0.15) is 11.6 Å². The first kappa shape index (κ1) is 11.4. The zero-order valence-electron chi connectivity index (χ0n) is 10.2. The molecule has 0 saturated heterocycles. The summed E-state index contributed by atoms with van der Waals surface area (Å²) in [7, 11) is 3.48. The third-order valence-electron chi connectivity index (χ3n) is 2.60. The van der Waals surface area contributed by atoms with Gasteiger partial charge >= 0.3 is 0 Å². The second kappa shape index (κ2) is 4.82. The summed E-state index contributed by atoms with van der Waals surface area (Å²) in [5.41, 5.74) is 3.03. The molecule has 88 valence electrons. The van der Waals surface area contributed by atoms with Crippen molar-refractivity contribution >= 4 is 5.82 Å². The van der Waals surface area contributed by atoms with E-state index < -0.39 is 0 Å². The second-order valence-corrected chi connectivity index (χ2v) is 3.74. The van der Waals surface area contributed by atoms with Crippen LogP contribution in [0.2, 0.25) is 0 Å². The number of hydrogen-bond donors (Lipinski definition) is 1. The molecular formula is C13H15N3O. The van der Waals surface area contributed by atoms with Crippen LogP contribution in [-0.2, 0) is 0 Å². The van der Waals surface area contributed by atoms with Gasteiger partial charge in [-0.1, -0.05) is 0 Å². The highest BCUT2D eigenvalue weighted by Crippen LogP contribution is 2.23. The lowest BCUT2D eigenvalue weighted by Gasteiger charge is -2.07. The molecule has 4 heteroatoms. The molecular weight excluding hydrogens is 214 g/mol. The fourth-order valence-electron chi connectivity index (χ4n) is 1.64. The van der Waals surface area contributed by atoms with Crippen molar-refractivity contribution in [1.82, 2.24) is 10.2 Å². The second-order valence-electron chi connectivity index (χ2n) is 3.74. The van der Waals surface area contributed by atoms with Crippen molar-refractivity contribution in [2.24, 2.45) is 0 Å². The van der Waals surface area contributed by atoms with Crippen LogP contribution in [0.1, 0.15) is 5.56 Å². The molecule has 2 aromatic rings. The lowest BCUT2D eigenvalue weighted by Crippen LogP contribution is -1.98. The standard InChI is InChI=1S/C13H15N3O/c1-9-8-12(14-2)15-16-13(9)10-4-6-11(17-3)7-5-10/h4-8H,1-3H3,(H,14,15). The van der Waals surface area contributed by atoms with Gasteiger partial charge in [0.2, 0.25) is 0 Å². The topological polar surface area (TPSA) is 47.0 Å². The van der Waals surface area contributed by atoms with Gasteiger partial charge in [-0.2, -0.15) is 0 Å². The van der Waals surface area contributed by atoms with Crippen LogP contribution in [0.5, 0.6) is 5.75 Å². The van der Waals surface area contributed by atoms with E-state index in [1.165, 1.54) is 0 Å². The fraction of sp³-hybridized carbons (Fsp3) is 0.231. The van der Waals surface area contributed by atoms with Crippen LogP contribution < -0.4 is 10.1 Å². The normalized spacial score (nSPS) is 10.1. The summed E-state index contributed by atoms with van der Waals surface area (Å²) < 4.78 is 5.13. The molecule has 0 aliphatic rings. The zero-order valence-corrected chi connectivity index (χ0v) is 10.2. The summed E-state index contributed by atoms with van der Waals surface area (Å²) in [6.45, 7) is 2.02. The molecule has 0 unspecified atom stereocenters. The first-order chi connectivity index (χ1) is 8.24. The van der Waals surface area contributed by atoms with Crippen molar-refractivity contribution in [3.05, 3.63) is 35.9 Å². The zero-order chi connectivity index (χ0) is 12.3. The van der Waals surface area contributed by atoms with Gasteiger partial charge in [-0.25, -0.2) is 0 Å². The Morgan fingerprint density at radius 1 is 1.12 bits per heavy atom. The van der Waals surface area contributed by atoms with Crippen molar-refractivity contribution < 1.29 is 4.74 Å². The molecule has 1 aromatic carbocycles. The summed E-state index contributed by atoms with van der Waals surface area (Å²) >= 11 is 0. The average Bonchev–Trinajstić information content (AvgIpc) is 2.39. The van der Waals surface area contributed by atoms with Crippen molar-refractivity contribution in [2.45, 2.75) is 6.92 Å². The third kappa shape index (κ3) is 2.36. The molecule has 17 heavy (non-hydrogen) atoms. The Hall–Kier alpha value is -2.10. The first-order valence-corrected chi connectivity index (χ1v) is 5.41. The van der Waals surface area contributed by atoms with Gasteiger partial charge in [-0.15, -0.1) is 10.2 Å². The van der Waals surface area contributed by atoms with Gasteiger partial charge in [0.05, 0.1) is 12.8 Å². The molecule has 0 saturated carbocycles. The number of aromatic nitrogens is 2. The van der Waals surface area contributed by atoms with Gasteiger partial charge in [-0.05, 0) is 42.8 Å². The number of aryl methyl sites for hydroxylation is 1. The Morgan fingerprint density at radius 2 is 1.82 bits per heavy atom. The number of ether oxygens (including phenoxy) is 1. The maximum absolute atomic E-state index is 5.13. The van der Waals surface area contributed by atoms with Crippen LogP contribution in [0.4, 0.5) is 5.82 Å². The quantitative estimate of drug-likeness (QED) is 0.878. The fourth-order valence-corrected chi connectivity index (χ4v) is 1.64. The van der Waals surface area contributed by atoms with E-state index in [-0.39, 0.29) is 0 Å². The first-order valence-electron chi connectivity index (χ1n) is 5.41. The van der Waals surface area contributed by atoms with Crippen molar-refractivity contribution in [1.29, 1.82) is 0 Å². The Kier molecular flexibility index (Phi) is 3.23.